The maximum atomic E-state index is 12.0. The molecule has 0 spiro atoms. The highest BCUT2D eigenvalue weighted by Gasteiger charge is 2.20. The Balaban J connectivity index is 0.000000202. The number of nitro benzene ring substituents is 2. The molecule has 272 valence electrons. The summed E-state index contributed by atoms with van der Waals surface area (Å²) < 4.78 is 27.0. The van der Waals surface area contributed by atoms with Crippen LogP contribution in [0.15, 0.2) is 71.2 Å². The van der Waals surface area contributed by atoms with Crippen molar-refractivity contribution in [1.82, 2.24) is 39.2 Å². The molecule has 0 saturated heterocycles. The van der Waals surface area contributed by atoms with E-state index in [1.807, 2.05) is 26.2 Å². The van der Waals surface area contributed by atoms with Crippen LogP contribution in [-0.2, 0) is 22.9 Å². The summed E-state index contributed by atoms with van der Waals surface area (Å²) in [7, 11) is -3.63. The lowest BCUT2D eigenvalue weighted by atomic mass is 10.1. The van der Waals surface area contributed by atoms with Gasteiger partial charge in [-0.15, -0.1) is 0 Å². The van der Waals surface area contributed by atoms with Gasteiger partial charge < -0.3 is 10.6 Å². The van der Waals surface area contributed by atoms with Crippen LogP contribution in [0.5, 0.6) is 0 Å². The molecule has 18 nitrogen and oxygen atoms in total. The summed E-state index contributed by atoms with van der Waals surface area (Å²) >= 11 is 1.46. The summed E-state index contributed by atoms with van der Waals surface area (Å²) in [6.45, 7) is 8.69. The maximum absolute atomic E-state index is 12.0. The molecule has 6 rings (SSSR count). The van der Waals surface area contributed by atoms with Gasteiger partial charge in [-0.3, -0.25) is 20.2 Å². The van der Waals surface area contributed by atoms with Crippen LogP contribution < -0.4 is 10.6 Å². The number of aromatic nitrogens is 8. The van der Waals surface area contributed by atoms with Crippen molar-refractivity contribution in [2.45, 2.75) is 62.9 Å². The van der Waals surface area contributed by atoms with Crippen molar-refractivity contribution in [2.24, 2.45) is 0 Å². The highest BCUT2D eigenvalue weighted by atomic mass is 32.2. The normalized spacial score (nSPS) is 11.5. The predicted octanol–water partition coefficient (Wildman–Crippen LogP) is 5.66. The molecule has 0 aliphatic heterocycles. The van der Waals surface area contributed by atoms with Gasteiger partial charge in [0.1, 0.15) is 0 Å². The van der Waals surface area contributed by atoms with E-state index in [4.69, 9.17) is 0 Å². The Hall–Kier alpha value is -5.76. The van der Waals surface area contributed by atoms with Crippen LogP contribution in [0.25, 0.3) is 11.3 Å². The van der Waals surface area contributed by atoms with Crippen molar-refractivity contribution in [3.05, 3.63) is 103 Å². The van der Waals surface area contributed by atoms with Crippen molar-refractivity contribution >= 4 is 56.2 Å². The first kappa shape index (κ1) is 37.5. The molecule has 2 aromatic carbocycles. The first-order valence-electron chi connectivity index (χ1n) is 15.9. The highest BCUT2D eigenvalue weighted by Crippen LogP contribution is 2.25. The van der Waals surface area contributed by atoms with E-state index in [9.17, 15) is 28.6 Å². The number of anilines is 2. The number of fused-ring (bicyclic) bond motifs is 2. The van der Waals surface area contributed by atoms with Gasteiger partial charge in [-0.1, -0.05) is 63.7 Å². The van der Waals surface area contributed by atoms with Crippen molar-refractivity contribution in [3.63, 3.8) is 0 Å². The van der Waals surface area contributed by atoms with Crippen molar-refractivity contribution < 1.29 is 18.3 Å². The zero-order valence-electron chi connectivity index (χ0n) is 29.1. The number of benzene rings is 2. The van der Waals surface area contributed by atoms with Gasteiger partial charge in [-0.05, 0) is 29.2 Å². The zero-order valence-corrected chi connectivity index (χ0v) is 30.7. The third kappa shape index (κ3) is 8.57. The van der Waals surface area contributed by atoms with Crippen molar-refractivity contribution in [2.75, 3.05) is 23.1 Å². The lowest BCUT2D eigenvalue weighted by molar-refractivity contribution is -0.385. The van der Waals surface area contributed by atoms with Crippen LogP contribution in [-0.4, -0.2) is 69.9 Å². The Morgan fingerprint density at radius 1 is 0.750 bits per heavy atom. The number of non-ortho nitro benzene ring substituents is 2. The number of thioether (sulfide) groups is 1. The van der Waals surface area contributed by atoms with E-state index in [0.29, 0.717) is 34.8 Å². The second kappa shape index (κ2) is 15.6. The van der Waals surface area contributed by atoms with Gasteiger partial charge in [0.25, 0.3) is 16.5 Å². The minimum absolute atomic E-state index is 0.0276. The molecule has 0 unspecified atom stereocenters. The van der Waals surface area contributed by atoms with Gasteiger partial charge in [-0.2, -0.15) is 34.2 Å². The van der Waals surface area contributed by atoms with Crippen molar-refractivity contribution in [3.8, 4) is 0 Å². The molecule has 4 heterocycles. The van der Waals surface area contributed by atoms with Gasteiger partial charge in [0, 0.05) is 54.7 Å². The summed E-state index contributed by atoms with van der Waals surface area (Å²) in [5.41, 5.74) is 4.50. The Morgan fingerprint density at radius 2 is 1.21 bits per heavy atom. The van der Waals surface area contributed by atoms with E-state index in [1.54, 1.807) is 41.2 Å². The maximum Gasteiger partial charge on any atom is 0.269 e. The number of nitrogens with one attached hydrogen (secondary N) is 2. The Bertz CT molecular complexity index is 2380. The smallest absolute Gasteiger partial charge is 0.269 e. The third-order valence-electron chi connectivity index (χ3n) is 7.65. The molecule has 0 fully saturated rings. The fraction of sp³-hybridized carbons (Fsp3) is 0.312. The average Bonchev–Trinajstić information content (AvgIpc) is 3.75. The average molecular weight is 749 g/mol. The number of sulfone groups is 1. The lowest BCUT2D eigenvalue weighted by Crippen LogP contribution is -2.13. The van der Waals surface area contributed by atoms with Gasteiger partial charge in [0.05, 0.1) is 22.2 Å². The Labute approximate surface area is 302 Å². The number of hydrogen-bond donors (Lipinski definition) is 2. The summed E-state index contributed by atoms with van der Waals surface area (Å²) in [6, 6.07) is 12.7. The highest BCUT2D eigenvalue weighted by molar-refractivity contribution is 7.98. The molecular formula is C32H36N12O6S2. The first-order chi connectivity index (χ1) is 24.7. The van der Waals surface area contributed by atoms with Gasteiger partial charge in [-0.25, -0.2) is 13.4 Å². The van der Waals surface area contributed by atoms with E-state index in [2.05, 4.69) is 54.6 Å². The Morgan fingerprint density at radius 3 is 1.63 bits per heavy atom. The molecule has 4 aromatic heterocycles. The Kier molecular flexibility index (Phi) is 11.3. The van der Waals surface area contributed by atoms with Crippen LogP contribution in [0, 0.1) is 20.2 Å². The quantitative estimate of drug-likeness (QED) is 0.0873. The van der Waals surface area contributed by atoms with E-state index >= 15 is 0 Å². The summed E-state index contributed by atoms with van der Waals surface area (Å²) in [5.74, 6) is 1.15. The molecule has 20 heteroatoms. The topological polar surface area (TPSA) is 231 Å². The van der Waals surface area contributed by atoms with Gasteiger partial charge >= 0.3 is 0 Å². The van der Waals surface area contributed by atoms with Gasteiger partial charge in [0.15, 0.2) is 16.5 Å². The summed E-state index contributed by atoms with van der Waals surface area (Å²) in [5, 5.41) is 37.0. The van der Waals surface area contributed by atoms with Crippen LogP contribution in [0.4, 0.5) is 23.3 Å². The fourth-order valence-electron chi connectivity index (χ4n) is 4.97. The first-order valence-corrected chi connectivity index (χ1v) is 19.0. The molecule has 52 heavy (non-hydrogen) atoms. The molecule has 2 N–H and O–H groups in total. The largest absolute Gasteiger partial charge is 0.350 e. The molecule has 0 radical (unpaired) electrons. The summed E-state index contributed by atoms with van der Waals surface area (Å²) in [4.78, 5) is 38.2. The van der Waals surface area contributed by atoms with Crippen molar-refractivity contribution in [1.29, 1.82) is 0 Å². The fourth-order valence-corrected chi connectivity index (χ4v) is 5.83. The van der Waals surface area contributed by atoms with E-state index in [-0.39, 0.29) is 34.9 Å². The number of hydrogen-bond acceptors (Lipinski definition) is 15. The molecule has 0 saturated carbocycles. The molecule has 0 amide bonds. The molecule has 6 aromatic rings. The van der Waals surface area contributed by atoms with Crippen LogP contribution in [0.1, 0.15) is 61.8 Å². The van der Waals surface area contributed by atoms with E-state index < -0.39 is 19.7 Å². The second-order valence-electron chi connectivity index (χ2n) is 12.2. The lowest BCUT2D eigenvalue weighted by Gasteiger charge is -2.10. The van der Waals surface area contributed by atoms with Crippen LogP contribution >= 0.6 is 11.8 Å². The zero-order chi connectivity index (χ0) is 37.7. The number of rotatable bonds is 12. The minimum Gasteiger partial charge on any atom is -0.350 e. The van der Waals surface area contributed by atoms with Crippen LogP contribution in [0.2, 0.25) is 0 Å². The van der Waals surface area contributed by atoms with Gasteiger partial charge in [0.2, 0.25) is 21.7 Å². The molecule has 0 aliphatic rings. The number of nitrogens with zero attached hydrogens (tertiary/aromatic N) is 10. The summed E-state index contributed by atoms with van der Waals surface area (Å²) in [6.07, 6.45) is 6.38. The molecule has 0 bridgehead atoms. The number of nitro groups is 2. The molecular weight excluding hydrogens is 713 g/mol. The third-order valence-corrected chi connectivity index (χ3v) is 9.05. The van der Waals surface area contributed by atoms with E-state index in [1.165, 1.54) is 34.5 Å². The monoisotopic (exact) mass is 748 g/mol. The molecule has 0 atom stereocenters. The standard InChI is InChI=1S/C16H18N6O4S.C16H18N6O2S/c1-10(2)13-9-18-21-14(13)19-16(27(3,25)26)20-15(21)17-8-11-5-4-6-12(7-11)22(23)24;1-10(2)13-9-18-21-14(13)19-16(25-3)20-15(21)17-8-11-5-4-6-12(7-11)22(23)24/h4-7,9-10H,8H2,1-3H3,(H,17,19,20);4-7,9-10H,8H2,1-3H3,(H,17,19,20). The second-order valence-corrected chi connectivity index (χ2v) is 14.9. The molecule has 0 aliphatic carbocycles. The predicted molar refractivity (Wildman–Crippen MR) is 195 cm³/mol. The van der Waals surface area contributed by atoms with Crippen LogP contribution in [0.3, 0.4) is 0 Å². The minimum atomic E-state index is -3.63. The SMILES string of the molecule is CC(C)c1cnn2c(NCc3cccc([N+](=O)[O-])c3)nc(S(C)(=O)=O)nc12.CSc1nc(NCc2cccc([N+](=O)[O-])c2)n2ncc(C(C)C)c2n1. The van der Waals surface area contributed by atoms with E-state index in [0.717, 1.165) is 28.6 Å².